The van der Waals surface area contributed by atoms with Crippen LogP contribution in [0.5, 0.6) is 0 Å². The van der Waals surface area contributed by atoms with Gasteiger partial charge in [0.1, 0.15) is 6.61 Å². The fourth-order valence-electron chi connectivity index (χ4n) is 1.84. The number of hydrogen-bond acceptors (Lipinski definition) is 2. The van der Waals surface area contributed by atoms with Gasteiger partial charge in [-0.15, -0.1) is 0 Å². The summed E-state index contributed by atoms with van der Waals surface area (Å²) in [7, 11) is 0. The molecule has 0 aliphatic rings. The SMILES string of the molecule is Cc1ccccc1C(=O)Nc1cccc(C#CCO)c1. The van der Waals surface area contributed by atoms with Crippen molar-refractivity contribution in [1.82, 2.24) is 0 Å². The Morgan fingerprint density at radius 2 is 2.00 bits per heavy atom. The molecule has 0 aromatic heterocycles. The second kappa shape index (κ2) is 6.55. The highest BCUT2D eigenvalue weighted by atomic mass is 16.2. The highest BCUT2D eigenvalue weighted by Crippen LogP contribution is 2.13. The quantitative estimate of drug-likeness (QED) is 0.820. The van der Waals surface area contributed by atoms with Gasteiger partial charge in [-0.2, -0.15) is 0 Å². The van der Waals surface area contributed by atoms with Crippen LogP contribution in [0, 0.1) is 18.8 Å². The van der Waals surface area contributed by atoms with Gasteiger partial charge in [0.25, 0.3) is 5.91 Å². The Hall–Kier alpha value is -2.57. The van der Waals surface area contributed by atoms with Gasteiger partial charge in [0.05, 0.1) is 0 Å². The molecule has 0 heterocycles. The molecule has 2 aromatic rings. The number of carbonyl (C=O) groups is 1. The third kappa shape index (κ3) is 3.47. The van der Waals surface area contributed by atoms with Crippen LogP contribution in [0.4, 0.5) is 5.69 Å². The molecule has 1 amide bonds. The van der Waals surface area contributed by atoms with E-state index >= 15 is 0 Å². The zero-order chi connectivity index (χ0) is 14.4. The average molecular weight is 265 g/mol. The maximum absolute atomic E-state index is 12.2. The molecule has 2 aromatic carbocycles. The predicted octanol–water partition coefficient (Wildman–Crippen LogP) is 2.59. The zero-order valence-corrected chi connectivity index (χ0v) is 11.2. The molecule has 0 bridgehead atoms. The Morgan fingerprint density at radius 3 is 2.75 bits per heavy atom. The van der Waals surface area contributed by atoms with Gasteiger partial charge >= 0.3 is 0 Å². The van der Waals surface area contributed by atoms with Crippen LogP contribution in [0.15, 0.2) is 48.5 Å². The third-order valence-electron chi connectivity index (χ3n) is 2.82. The number of nitrogens with one attached hydrogen (secondary N) is 1. The number of benzene rings is 2. The minimum Gasteiger partial charge on any atom is -0.384 e. The number of anilines is 1. The lowest BCUT2D eigenvalue weighted by Gasteiger charge is -2.07. The number of carbonyl (C=O) groups excluding carboxylic acids is 1. The van der Waals surface area contributed by atoms with Crippen molar-refractivity contribution in [2.24, 2.45) is 0 Å². The van der Waals surface area contributed by atoms with Gasteiger partial charge in [-0.1, -0.05) is 36.1 Å². The molecule has 3 nitrogen and oxygen atoms in total. The normalized spacial score (nSPS) is 9.50. The van der Waals surface area contributed by atoms with Crippen LogP contribution < -0.4 is 5.32 Å². The predicted molar refractivity (Wildman–Crippen MR) is 79.5 cm³/mol. The molecule has 0 fully saturated rings. The fraction of sp³-hybridized carbons (Fsp3) is 0.118. The van der Waals surface area contributed by atoms with Gasteiger partial charge in [-0.3, -0.25) is 4.79 Å². The summed E-state index contributed by atoms with van der Waals surface area (Å²) < 4.78 is 0. The second-order valence-corrected chi connectivity index (χ2v) is 4.31. The molecular weight excluding hydrogens is 250 g/mol. The molecule has 100 valence electrons. The van der Waals surface area contributed by atoms with Gasteiger partial charge in [0.15, 0.2) is 0 Å². The van der Waals surface area contributed by atoms with Crippen LogP contribution in [-0.4, -0.2) is 17.6 Å². The summed E-state index contributed by atoms with van der Waals surface area (Å²) in [6.07, 6.45) is 0. The summed E-state index contributed by atoms with van der Waals surface area (Å²) in [5.41, 5.74) is 3.02. The first-order chi connectivity index (χ1) is 9.70. The van der Waals surface area contributed by atoms with Crippen LogP contribution in [0.2, 0.25) is 0 Å². The number of hydrogen-bond donors (Lipinski definition) is 2. The van der Waals surface area contributed by atoms with Gasteiger partial charge in [0, 0.05) is 16.8 Å². The molecule has 0 unspecified atom stereocenters. The summed E-state index contributed by atoms with van der Waals surface area (Å²) >= 11 is 0. The smallest absolute Gasteiger partial charge is 0.255 e. The van der Waals surface area contributed by atoms with Crippen molar-refractivity contribution in [3.63, 3.8) is 0 Å². The first-order valence-corrected chi connectivity index (χ1v) is 6.27. The van der Waals surface area contributed by atoms with Crippen LogP contribution in [0.25, 0.3) is 0 Å². The molecule has 0 aliphatic heterocycles. The van der Waals surface area contributed by atoms with Crippen LogP contribution in [0.1, 0.15) is 21.5 Å². The lowest BCUT2D eigenvalue weighted by atomic mass is 10.1. The van der Waals surface area contributed by atoms with Crippen LogP contribution in [0.3, 0.4) is 0 Å². The lowest BCUT2D eigenvalue weighted by Crippen LogP contribution is -2.13. The Balaban J connectivity index is 2.18. The van der Waals surface area contributed by atoms with E-state index in [1.165, 1.54) is 0 Å². The maximum atomic E-state index is 12.2. The van der Waals surface area contributed by atoms with E-state index in [1.807, 2.05) is 37.3 Å². The van der Waals surface area contributed by atoms with E-state index in [0.29, 0.717) is 11.3 Å². The number of aryl methyl sites for hydroxylation is 1. The van der Waals surface area contributed by atoms with Crippen molar-refractivity contribution >= 4 is 11.6 Å². The molecule has 0 aliphatic carbocycles. The largest absolute Gasteiger partial charge is 0.384 e. The van der Waals surface area contributed by atoms with E-state index in [9.17, 15) is 4.79 Å². The Labute approximate surface area is 118 Å². The number of aliphatic hydroxyl groups excluding tert-OH is 1. The van der Waals surface area contributed by atoms with E-state index in [2.05, 4.69) is 17.2 Å². The third-order valence-corrected chi connectivity index (χ3v) is 2.82. The summed E-state index contributed by atoms with van der Waals surface area (Å²) in [4.78, 5) is 12.2. The van der Waals surface area contributed by atoms with Gasteiger partial charge in [0.2, 0.25) is 0 Å². The summed E-state index contributed by atoms with van der Waals surface area (Å²) in [5.74, 6) is 5.24. The summed E-state index contributed by atoms with van der Waals surface area (Å²) in [5, 5.41) is 11.5. The fourth-order valence-corrected chi connectivity index (χ4v) is 1.84. The molecule has 2 rings (SSSR count). The standard InChI is InChI=1S/C17H15NO2/c1-13-6-2-3-10-16(13)17(20)18-15-9-4-7-14(12-15)8-5-11-19/h2-4,6-7,9-10,12,19H,11H2,1H3,(H,18,20). The highest BCUT2D eigenvalue weighted by molar-refractivity contribution is 6.05. The monoisotopic (exact) mass is 265 g/mol. The topological polar surface area (TPSA) is 49.3 Å². The van der Waals surface area contributed by atoms with E-state index in [-0.39, 0.29) is 12.5 Å². The minimum atomic E-state index is -0.181. The van der Waals surface area contributed by atoms with Gasteiger partial charge < -0.3 is 10.4 Å². The van der Waals surface area contributed by atoms with Crippen molar-refractivity contribution in [1.29, 1.82) is 0 Å². The first-order valence-electron chi connectivity index (χ1n) is 6.27. The molecule has 20 heavy (non-hydrogen) atoms. The number of aliphatic hydroxyl groups is 1. The van der Waals surface area contributed by atoms with Crippen molar-refractivity contribution in [2.45, 2.75) is 6.92 Å². The molecule has 0 radical (unpaired) electrons. The van der Waals surface area contributed by atoms with Crippen LogP contribution >= 0.6 is 0 Å². The summed E-state index contributed by atoms with van der Waals surface area (Å²) in [6, 6.07) is 14.7. The molecule has 3 heteroatoms. The van der Waals surface area contributed by atoms with Crippen molar-refractivity contribution in [2.75, 3.05) is 11.9 Å². The molecule has 0 spiro atoms. The molecule has 0 atom stereocenters. The second-order valence-electron chi connectivity index (χ2n) is 4.31. The van der Waals surface area contributed by atoms with Gasteiger partial charge in [-0.25, -0.2) is 0 Å². The van der Waals surface area contributed by atoms with Crippen molar-refractivity contribution in [3.8, 4) is 11.8 Å². The van der Waals surface area contributed by atoms with E-state index in [0.717, 1.165) is 11.1 Å². The van der Waals surface area contributed by atoms with E-state index in [1.54, 1.807) is 18.2 Å². The zero-order valence-electron chi connectivity index (χ0n) is 11.2. The Kier molecular flexibility index (Phi) is 4.54. The Morgan fingerprint density at radius 1 is 1.20 bits per heavy atom. The number of rotatable bonds is 2. The molecular formula is C17H15NO2. The van der Waals surface area contributed by atoms with Gasteiger partial charge in [-0.05, 0) is 36.8 Å². The molecule has 2 N–H and O–H groups in total. The minimum absolute atomic E-state index is 0.143. The van der Waals surface area contributed by atoms with Crippen LogP contribution in [-0.2, 0) is 0 Å². The number of amides is 1. The van der Waals surface area contributed by atoms with E-state index in [4.69, 9.17) is 5.11 Å². The van der Waals surface area contributed by atoms with E-state index < -0.39 is 0 Å². The van der Waals surface area contributed by atoms with Crippen molar-refractivity contribution in [3.05, 3.63) is 65.2 Å². The molecule has 0 saturated heterocycles. The first kappa shape index (κ1) is 13.9. The highest BCUT2D eigenvalue weighted by Gasteiger charge is 2.08. The average Bonchev–Trinajstić information content (AvgIpc) is 2.46. The summed E-state index contributed by atoms with van der Waals surface area (Å²) in [6.45, 7) is 1.72. The van der Waals surface area contributed by atoms with Crippen molar-refractivity contribution < 1.29 is 9.90 Å². The maximum Gasteiger partial charge on any atom is 0.255 e. The molecule has 0 saturated carbocycles. The lowest BCUT2D eigenvalue weighted by molar-refractivity contribution is 0.102. The Bertz CT molecular complexity index is 681.